The number of rotatable bonds is 24. The number of nitrogens with one attached hydrogen (secondary N) is 6. The number of esters is 1. The lowest BCUT2D eigenvalue weighted by Crippen LogP contribution is -2.60. The first-order valence-corrected chi connectivity index (χ1v) is 28.0. The fourth-order valence-corrected chi connectivity index (χ4v) is 11.7. The van der Waals surface area contributed by atoms with E-state index in [2.05, 4.69) is 36.6 Å². The minimum atomic E-state index is -1.41. The van der Waals surface area contributed by atoms with Crippen molar-refractivity contribution in [2.24, 2.45) is 28.1 Å². The Bertz CT molecular complexity index is 2690. The van der Waals surface area contributed by atoms with Gasteiger partial charge in [-0.3, -0.25) is 52.9 Å². The molecule has 0 unspecified atom stereocenters. The summed E-state index contributed by atoms with van der Waals surface area (Å²) >= 11 is 0. The zero-order chi connectivity index (χ0) is 57.8. The van der Waals surface area contributed by atoms with Gasteiger partial charge >= 0.3 is 5.97 Å². The van der Waals surface area contributed by atoms with Crippen LogP contribution in [-0.4, -0.2) is 190 Å². The third-order valence-corrected chi connectivity index (χ3v) is 16.2. The summed E-state index contributed by atoms with van der Waals surface area (Å²) in [6.45, 7) is 4.51. The van der Waals surface area contributed by atoms with Crippen LogP contribution in [0.5, 0.6) is 0 Å². The average Bonchev–Trinajstić information content (AvgIpc) is 4.37. The number of methoxy groups -OCH3 is 1. The Balaban J connectivity index is 1.06. The van der Waals surface area contributed by atoms with E-state index in [9.17, 15) is 52.7 Å². The van der Waals surface area contributed by atoms with E-state index < -0.39 is 114 Å². The van der Waals surface area contributed by atoms with Gasteiger partial charge in [0, 0.05) is 69.1 Å². The van der Waals surface area contributed by atoms with Crippen LogP contribution in [0, 0.1) is 5.92 Å². The molecule has 436 valence electrons. The van der Waals surface area contributed by atoms with E-state index in [4.69, 9.17) is 21.9 Å². The van der Waals surface area contributed by atoms with Gasteiger partial charge in [-0.1, -0.05) is 38.5 Å². The standard InChI is InChI=1S/C54H78N14O12/c1-4-30(2)44(52(78)67-26-10-17-40(67)51(77)68-27-11-18-41(68)53(79)80-3)64-46(72)35(19-21-42(55)69)61-47(73)38-15-8-24-65(38)49(75)36(14-7-23-58-54(56)57)62-48(74)39-16-9-25-66(39)50(76)37(63-45(71)34-20-22-43(70)60-34)28-31-29-59-33-13-6-5-12-32(31)33/h5-6,12-13,29-30,34-41,44,59H,4,7-11,14-28H2,1-3H3,(H2,55,69)(H,60,70)(H,61,73)(H,62,74)(H,63,71)(H,64,72)(H4,56,57,58)/t30-,34-,35-,36-,37-,38-,39-,40-,41-,44-/m0/s1. The number of aliphatic imine (C=N–C) groups is 1. The van der Waals surface area contributed by atoms with Gasteiger partial charge in [0.1, 0.15) is 54.4 Å². The van der Waals surface area contributed by atoms with E-state index in [1.165, 1.54) is 26.7 Å². The van der Waals surface area contributed by atoms with E-state index in [0.29, 0.717) is 51.5 Å². The Hall–Kier alpha value is -7.80. The fourth-order valence-electron chi connectivity index (χ4n) is 11.7. The van der Waals surface area contributed by atoms with Crippen molar-refractivity contribution < 1.29 is 57.5 Å². The number of aromatic nitrogens is 1. The zero-order valence-electron chi connectivity index (χ0n) is 45.9. The zero-order valence-corrected chi connectivity index (χ0v) is 45.9. The van der Waals surface area contributed by atoms with Crippen LogP contribution in [0.1, 0.15) is 116 Å². The summed E-state index contributed by atoms with van der Waals surface area (Å²) < 4.78 is 4.94. The van der Waals surface area contributed by atoms with Crippen LogP contribution in [0.15, 0.2) is 35.5 Å². The number of guanidine groups is 1. The van der Waals surface area contributed by atoms with Crippen molar-refractivity contribution >= 4 is 81.9 Å². The van der Waals surface area contributed by atoms with Crippen molar-refractivity contribution in [3.63, 3.8) is 0 Å². The van der Waals surface area contributed by atoms with Gasteiger partial charge in [0.2, 0.25) is 59.1 Å². The summed E-state index contributed by atoms with van der Waals surface area (Å²) in [6, 6.07) is -2.16. The molecule has 10 amide bonds. The second kappa shape index (κ2) is 27.4. The van der Waals surface area contributed by atoms with Gasteiger partial charge in [0.15, 0.2) is 5.96 Å². The maximum atomic E-state index is 14.8. The van der Waals surface area contributed by atoms with Crippen LogP contribution in [0.25, 0.3) is 10.9 Å². The molecule has 1 aromatic carbocycles. The quantitative estimate of drug-likeness (QED) is 0.0248. The maximum Gasteiger partial charge on any atom is 0.328 e. The number of H-pyrrole nitrogens is 1. The van der Waals surface area contributed by atoms with Crippen molar-refractivity contribution in [2.45, 2.75) is 171 Å². The molecule has 80 heavy (non-hydrogen) atoms. The molecule has 26 nitrogen and oxygen atoms in total. The third kappa shape index (κ3) is 14.3. The maximum absolute atomic E-state index is 14.8. The Morgan fingerprint density at radius 1 is 0.700 bits per heavy atom. The molecular formula is C54H78N14O12. The lowest BCUT2D eigenvalue weighted by molar-refractivity contribution is -0.154. The number of likely N-dealkylation sites (tertiary alicyclic amines) is 4. The number of primary amides is 1. The van der Waals surface area contributed by atoms with Crippen molar-refractivity contribution in [2.75, 3.05) is 39.8 Å². The van der Waals surface area contributed by atoms with E-state index in [0.717, 1.165) is 16.5 Å². The highest BCUT2D eigenvalue weighted by Crippen LogP contribution is 2.29. The third-order valence-electron chi connectivity index (χ3n) is 16.2. The number of aromatic amines is 1. The fraction of sp³-hybridized carbons (Fsp3) is 0.630. The number of benzene rings is 1. The van der Waals surface area contributed by atoms with Gasteiger partial charge in [-0.15, -0.1) is 0 Å². The molecule has 2 aromatic rings. The number of amides is 10. The molecule has 0 saturated carbocycles. The average molecular weight is 1120 g/mol. The van der Waals surface area contributed by atoms with Crippen LogP contribution >= 0.6 is 0 Å². The summed E-state index contributed by atoms with van der Waals surface area (Å²) in [6.07, 6.45) is 5.40. The molecule has 0 spiro atoms. The van der Waals surface area contributed by atoms with Gasteiger partial charge in [-0.05, 0) is 94.6 Å². The number of nitrogens with zero attached hydrogens (tertiary/aromatic N) is 5. The minimum Gasteiger partial charge on any atom is -0.467 e. The minimum absolute atomic E-state index is 0.0151. The van der Waals surface area contributed by atoms with Crippen LogP contribution in [0.3, 0.4) is 0 Å². The smallest absolute Gasteiger partial charge is 0.328 e. The highest BCUT2D eigenvalue weighted by Gasteiger charge is 2.46. The lowest BCUT2D eigenvalue weighted by atomic mass is 9.96. The molecule has 26 heteroatoms. The molecule has 0 bridgehead atoms. The number of nitrogens with two attached hydrogens (primary N) is 3. The topological polar surface area (TPSA) is 376 Å². The molecule has 5 fully saturated rings. The molecule has 5 saturated heterocycles. The van der Waals surface area contributed by atoms with Crippen LogP contribution in [0.4, 0.5) is 0 Å². The van der Waals surface area contributed by atoms with Gasteiger partial charge < -0.3 is 73.1 Å². The Kier molecular flexibility index (Phi) is 20.5. The second-order valence-electron chi connectivity index (χ2n) is 21.5. The number of carbonyl (C=O) groups is 11. The molecule has 5 aliphatic heterocycles. The molecule has 10 atom stereocenters. The van der Waals surface area contributed by atoms with Gasteiger partial charge in [-0.25, -0.2) is 4.79 Å². The molecule has 0 radical (unpaired) electrons. The first-order valence-electron chi connectivity index (χ1n) is 28.0. The van der Waals surface area contributed by atoms with E-state index in [1.54, 1.807) is 13.1 Å². The molecule has 7 rings (SSSR count). The molecule has 5 aliphatic rings. The lowest BCUT2D eigenvalue weighted by Gasteiger charge is -2.34. The number of carbonyl (C=O) groups excluding carboxylic acids is 11. The van der Waals surface area contributed by atoms with Crippen LogP contribution in [0.2, 0.25) is 0 Å². The highest BCUT2D eigenvalue weighted by atomic mass is 16.5. The van der Waals surface area contributed by atoms with E-state index in [1.807, 2.05) is 31.2 Å². The molecular weight excluding hydrogens is 1040 g/mol. The molecule has 1 aromatic heterocycles. The monoisotopic (exact) mass is 1110 g/mol. The SMILES string of the molecule is CC[C@H](C)[C@H](NC(=O)[C@H](CCC(N)=O)NC(=O)[C@@H]1CCCN1C(=O)[C@H](CCCN=C(N)N)NC(=O)[C@@H]1CCCN1C(=O)[C@H](Cc1c[nH]c2ccccc12)NC(=O)[C@@H]1CCC(=O)N1)C(=O)N1CCC[C@H]1C(=O)N1CCC[C@H]1C(=O)OC. The summed E-state index contributed by atoms with van der Waals surface area (Å²) in [4.78, 5) is 164. The Labute approximate surface area is 464 Å². The predicted molar refractivity (Wildman–Crippen MR) is 290 cm³/mol. The van der Waals surface area contributed by atoms with Crippen LogP contribution < -0.4 is 43.8 Å². The number of ether oxygens (including phenoxy) is 1. The van der Waals surface area contributed by atoms with Gasteiger partial charge in [-0.2, -0.15) is 0 Å². The van der Waals surface area contributed by atoms with Crippen molar-refractivity contribution in [3.8, 4) is 0 Å². The van der Waals surface area contributed by atoms with Crippen molar-refractivity contribution in [3.05, 3.63) is 36.0 Å². The first kappa shape index (κ1) is 59.9. The van der Waals surface area contributed by atoms with Crippen LogP contribution in [-0.2, 0) is 63.9 Å². The number of hydrogen-bond acceptors (Lipinski definition) is 13. The normalized spacial score (nSPS) is 22.6. The number of fused-ring (bicyclic) bond motifs is 1. The summed E-state index contributed by atoms with van der Waals surface area (Å²) in [5, 5.41) is 14.7. The van der Waals surface area contributed by atoms with Gasteiger partial charge in [0.25, 0.3) is 0 Å². The first-order chi connectivity index (χ1) is 38.3. The summed E-state index contributed by atoms with van der Waals surface area (Å²) in [7, 11) is 1.25. The van der Waals surface area contributed by atoms with Gasteiger partial charge in [0.05, 0.1) is 7.11 Å². The van der Waals surface area contributed by atoms with E-state index >= 15 is 0 Å². The van der Waals surface area contributed by atoms with Crippen molar-refractivity contribution in [1.82, 2.24) is 51.2 Å². The Morgan fingerprint density at radius 2 is 1.27 bits per heavy atom. The largest absolute Gasteiger partial charge is 0.467 e. The highest BCUT2D eigenvalue weighted by molar-refractivity contribution is 6.00. The Morgan fingerprint density at radius 3 is 1.88 bits per heavy atom. The molecule has 0 aliphatic carbocycles. The second-order valence-corrected chi connectivity index (χ2v) is 21.5. The van der Waals surface area contributed by atoms with Crippen molar-refractivity contribution in [1.29, 1.82) is 0 Å². The number of hydrogen-bond donors (Lipinski definition) is 9. The molecule has 6 heterocycles. The summed E-state index contributed by atoms with van der Waals surface area (Å²) in [5.41, 5.74) is 18.3. The van der Waals surface area contributed by atoms with E-state index in [-0.39, 0.29) is 102 Å². The number of para-hydroxylation sites is 1. The predicted octanol–water partition coefficient (Wildman–Crippen LogP) is -1.57. The molecule has 12 N–H and O–H groups in total. The summed E-state index contributed by atoms with van der Waals surface area (Å²) in [5.74, 6) is -6.98.